The van der Waals surface area contributed by atoms with Crippen LogP contribution in [-0.4, -0.2) is 47.4 Å². The van der Waals surface area contributed by atoms with E-state index in [1.807, 2.05) is 48.7 Å². The zero-order valence-electron chi connectivity index (χ0n) is 19.8. The zero-order chi connectivity index (χ0) is 25.5. The molecule has 0 saturated heterocycles. The van der Waals surface area contributed by atoms with Gasteiger partial charge in [0.15, 0.2) is 12.1 Å². The Hall–Kier alpha value is -4.21. The average Bonchev–Trinajstić information content (AvgIpc) is 3.26. The molecular formula is C24H27N9O3. The number of rotatable bonds is 10. The summed E-state index contributed by atoms with van der Waals surface area (Å²) in [5.41, 5.74) is 20.7. The minimum absolute atomic E-state index is 0.0600. The van der Waals surface area contributed by atoms with Gasteiger partial charge in [-0.2, -0.15) is 0 Å². The number of aliphatic hydroxyl groups excluding tert-OH is 1. The van der Waals surface area contributed by atoms with E-state index in [9.17, 15) is 9.90 Å². The largest absolute Gasteiger partial charge is 0.387 e. The Morgan fingerprint density at radius 3 is 2.58 bits per heavy atom. The van der Waals surface area contributed by atoms with Crippen LogP contribution in [0.1, 0.15) is 35.1 Å². The van der Waals surface area contributed by atoms with Gasteiger partial charge in [-0.1, -0.05) is 34.5 Å². The Labute approximate surface area is 207 Å². The van der Waals surface area contributed by atoms with Gasteiger partial charge in [0, 0.05) is 40.1 Å². The van der Waals surface area contributed by atoms with Crippen molar-refractivity contribution in [2.24, 2.45) is 16.1 Å². The van der Waals surface area contributed by atoms with Crippen molar-refractivity contribution >= 4 is 22.7 Å². The number of ketones is 1. The van der Waals surface area contributed by atoms with Crippen LogP contribution in [0.4, 0.5) is 11.4 Å². The lowest BCUT2D eigenvalue weighted by molar-refractivity contribution is -0.196. The summed E-state index contributed by atoms with van der Waals surface area (Å²) < 4.78 is 5.81. The summed E-state index contributed by atoms with van der Waals surface area (Å²) in [5.74, 6) is -0.676. The Balaban J connectivity index is 1.64. The molecule has 4 N–H and O–H groups in total. The third-order valence-electron chi connectivity index (χ3n) is 6.17. The number of aromatic nitrogens is 1. The molecule has 0 radical (unpaired) electrons. The van der Waals surface area contributed by atoms with Crippen molar-refractivity contribution in [2.45, 2.75) is 31.7 Å². The Bertz CT molecular complexity index is 1250. The quantitative estimate of drug-likeness (QED) is 0.163. The highest BCUT2D eigenvalue weighted by Crippen LogP contribution is 2.40. The first kappa shape index (κ1) is 24.9. The fraction of sp³-hybridized carbons (Fsp3) is 0.375. The van der Waals surface area contributed by atoms with E-state index in [1.165, 1.54) is 0 Å². The maximum absolute atomic E-state index is 13.4. The number of benzene rings is 1. The van der Waals surface area contributed by atoms with Crippen molar-refractivity contribution < 1.29 is 14.6 Å². The number of Topliss-reactive ketones (excluding diaryl/α,β-unsaturated/α-hetero) is 1. The standard InChI is InChI=1S/C24H27N9O3/c1-24(13-28-32-25,14-29-33-26)36-23(35)16-11-18-20(19(34)12-16)22(30-17-5-3-2-4-6-17)21(31-18)15-7-9-27-10-8-15/h2-9,16,23,27,30-31,35H,10-14H2,1H3. The predicted octanol–water partition coefficient (Wildman–Crippen LogP) is 4.72. The molecule has 4 rings (SSSR count). The molecule has 2 atom stereocenters. The number of carbonyl (C=O) groups is 1. The minimum Gasteiger partial charge on any atom is -0.387 e. The number of fused-ring (bicyclic) bond motifs is 1. The van der Waals surface area contributed by atoms with E-state index < -0.39 is 17.8 Å². The number of ether oxygens (including phenoxy) is 1. The average molecular weight is 490 g/mol. The van der Waals surface area contributed by atoms with E-state index in [-0.39, 0.29) is 25.3 Å². The Morgan fingerprint density at radius 1 is 1.22 bits per heavy atom. The second-order valence-electron chi connectivity index (χ2n) is 8.95. The smallest absolute Gasteiger partial charge is 0.167 e. The third-order valence-corrected chi connectivity index (χ3v) is 6.17. The number of nitrogens with one attached hydrogen (secondary N) is 3. The number of para-hydroxylation sites is 1. The molecule has 2 unspecified atom stereocenters. The molecule has 1 aromatic carbocycles. The SMILES string of the molecule is CC(CN=[N+]=[N-])(CN=[N+]=[N-])OC(O)C1CC(=O)c2c([nH]c(C3=CCNC=C3)c2Nc2ccccc2)C1. The van der Waals surface area contributed by atoms with E-state index in [2.05, 4.69) is 35.7 Å². The molecule has 1 aliphatic heterocycles. The molecule has 0 saturated carbocycles. The van der Waals surface area contributed by atoms with Crippen molar-refractivity contribution in [3.63, 3.8) is 0 Å². The van der Waals surface area contributed by atoms with Gasteiger partial charge in [-0.3, -0.25) is 4.79 Å². The van der Waals surface area contributed by atoms with Crippen LogP contribution in [0.25, 0.3) is 26.5 Å². The molecule has 186 valence electrons. The van der Waals surface area contributed by atoms with Crippen LogP contribution in [0.3, 0.4) is 0 Å². The monoisotopic (exact) mass is 489 g/mol. The van der Waals surface area contributed by atoms with E-state index in [1.54, 1.807) is 6.92 Å². The number of dihydropyridines is 1. The van der Waals surface area contributed by atoms with Crippen molar-refractivity contribution in [3.8, 4) is 0 Å². The minimum atomic E-state index is -1.34. The molecule has 2 aromatic rings. The molecule has 0 fully saturated rings. The van der Waals surface area contributed by atoms with Gasteiger partial charge in [0.05, 0.1) is 35.6 Å². The number of H-pyrrole nitrogens is 1. The second kappa shape index (κ2) is 11.0. The molecule has 1 aromatic heterocycles. The van der Waals surface area contributed by atoms with Crippen LogP contribution < -0.4 is 10.6 Å². The highest BCUT2D eigenvalue weighted by molar-refractivity contribution is 6.07. The predicted molar refractivity (Wildman–Crippen MR) is 135 cm³/mol. The first-order chi connectivity index (χ1) is 17.4. The molecule has 2 heterocycles. The third kappa shape index (κ3) is 5.54. The zero-order valence-corrected chi connectivity index (χ0v) is 19.8. The van der Waals surface area contributed by atoms with Gasteiger partial charge in [-0.05, 0) is 54.4 Å². The van der Waals surface area contributed by atoms with Crippen LogP contribution in [-0.2, 0) is 11.2 Å². The first-order valence-corrected chi connectivity index (χ1v) is 11.5. The number of anilines is 2. The lowest BCUT2D eigenvalue weighted by atomic mass is 9.85. The van der Waals surface area contributed by atoms with Crippen LogP contribution in [0.5, 0.6) is 0 Å². The van der Waals surface area contributed by atoms with Gasteiger partial charge in [-0.25, -0.2) is 0 Å². The van der Waals surface area contributed by atoms with Gasteiger partial charge in [0.2, 0.25) is 0 Å². The fourth-order valence-corrected chi connectivity index (χ4v) is 4.41. The number of aromatic amines is 1. The van der Waals surface area contributed by atoms with Gasteiger partial charge in [0.1, 0.15) is 0 Å². The van der Waals surface area contributed by atoms with Crippen LogP contribution in [0.2, 0.25) is 0 Å². The van der Waals surface area contributed by atoms with Gasteiger partial charge in [-0.15, -0.1) is 0 Å². The van der Waals surface area contributed by atoms with Crippen LogP contribution in [0.15, 0.2) is 58.9 Å². The normalized spacial score (nSPS) is 19.0. The Morgan fingerprint density at radius 2 is 1.94 bits per heavy atom. The molecule has 0 spiro atoms. The Kier molecular flexibility index (Phi) is 7.62. The molecule has 12 nitrogen and oxygen atoms in total. The van der Waals surface area contributed by atoms with E-state index >= 15 is 0 Å². The second-order valence-corrected chi connectivity index (χ2v) is 8.95. The van der Waals surface area contributed by atoms with E-state index in [0.29, 0.717) is 29.9 Å². The molecule has 12 heteroatoms. The molecule has 1 aliphatic carbocycles. The number of azide groups is 2. The summed E-state index contributed by atoms with van der Waals surface area (Å²) in [6, 6.07) is 9.61. The van der Waals surface area contributed by atoms with Crippen LogP contribution in [0, 0.1) is 5.92 Å². The van der Waals surface area contributed by atoms with Gasteiger partial charge in [0.25, 0.3) is 0 Å². The molecule has 2 aliphatic rings. The highest BCUT2D eigenvalue weighted by atomic mass is 16.6. The maximum atomic E-state index is 13.4. The van der Waals surface area contributed by atoms with Crippen molar-refractivity contribution in [1.29, 1.82) is 0 Å². The number of nitrogens with zero attached hydrogens (tertiary/aromatic N) is 6. The molecule has 0 amide bonds. The maximum Gasteiger partial charge on any atom is 0.167 e. The fourth-order valence-electron chi connectivity index (χ4n) is 4.41. The van der Waals surface area contributed by atoms with Crippen molar-refractivity contribution in [1.82, 2.24) is 10.3 Å². The lowest BCUT2D eigenvalue weighted by Gasteiger charge is -2.34. The molecular weight excluding hydrogens is 462 g/mol. The summed E-state index contributed by atoms with van der Waals surface area (Å²) >= 11 is 0. The summed E-state index contributed by atoms with van der Waals surface area (Å²) in [6.07, 6.45) is 4.91. The first-order valence-electron chi connectivity index (χ1n) is 11.5. The van der Waals surface area contributed by atoms with Gasteiger partial charge >= 0.3 is 0 Å². The number of hydrogen-bond donors (Lipinski definition) is 4. The summed E-state index contributed by atoms with van der Waals surface area (Å²) in [5, 5.41) is 24.5. The van der Waals surface area contributed by atoms with Crippen molar-refractivity contribution in [2.75, 3.05) is 25.0 Å². The molecule has 36 heavy (non-hydrogen) atoms. The summed E-state index contributed by atoms with van der Waals surface area (Å²) in [4.78, 5) is 22.3. The van der Waals surface area contributed by atoms with E-state index in [4.69, 9.17) is 15.8 Å². The topological polar surface area (TPSA) is 184 Å². The number of allylic oxidation sites excluding steroid dienone is 2. The number of carbonyl (C=O) groups excluding carboxylic acids is 1. The summed E-state index contributed by atoms with van der Waals surface area (Å²) in [6.45, 7) is 1.97. The van der Waals surface area contributed by atoms with Crippen LogP contribution >= 0.6 is 0 Å². The molecule has 0 bridgehead atoms. The van der Waals surface area contributed by atoms with E-state index in [0.717, 1.165) is 17.0 Å². The lowest BCUT2D eigenvalue weighted by Crippen LogP contribution is -2.43. The van der Waals surface area contributed by atoms with Gasteiger partial charge < -0.3 is 25.5 Å². The summed E-state index contributed by atoms with van der Waals surface area (Å²) in [7, 11) is 0. The highest BCUT2D eigenvalue weighted by Gasteiger charge is 2.38. The number of hydrogen-bond acceptors (Lipinski definition) is 7. The number of aliphatic hydroxyl groups is 1. The van der Waals surface area contributed by atoms with Crippen molar-refractivity contribution in [3.05, 3.63) is 86.5 Å².